The first-order valence-electron chi connectivity index (χ1n) is 11.4. The summed E-state index contributed by atoms with van der Waals surface area (Å²) in [7, 11) is 0. The summed E-state index contributed by atoms with van der Waals surface area (Å²) in [5.74, 6) is -6.08. The molecule has 1 unspecified atom stereocenters. The molecule has 0 bridgehead atoms. The molecule has 4 aromatic rings. The van der Waals surface area contributed by atoms with Crippen LogP contribution in [0.15, 0.2) is 35.1 Å². The Hall–Kier alpha value is -3.75. The van der Waals surface area contributed by atoms with Gasteiger partial charge in [-0.3, -0.25) is 9.20 Å². The van der Waals surface area contributed by atoms with Gasteiger partial charge in [0.15, 0.2) is 11.5 Å². The largest absolute Gasteiger partial charge is 0.453 e. The molecular formula is C24H18BrF6N7O. The number of hydrogen-bond acceptors (Lipinski definition) is 6. The minimum absolute atomic E-state index is 0.00920. The van der Waals surface area contributed by atoms with Crippen molar-refractivity contribution < 1.29 is 31.1 Å². The molecule has 4 heterocycles. The number of fused-ring (bicyclic) bond motifs is 2. The quantitative estimate of drug-likeness (QED) is 0.293. The number of nitrogen functional groups attached to an aromatic ring is 1. The molecule has 3 N–H and O–H groups in total. The number of aryl methyl sites for hydroxylation is 2. The third-order valence-corrected chi connectivity index (χ3v) is 7.60. The van der Waals surface area contributed by atoms with Crippen molar-refractivity contribution in [1.82, 2.24) is 24.3 Å². The van der Waals surface area contributed by atoms with E-state index in [0.717, 1.165) is 0 Å². The van der Waals surface area contributed by atoms with Gasteiger partial charge in [-0.2, -0.15) is 22.0 Å². The Morgan fingerprint density at radius 2 is 1.74 bits per heavy atom. The summed E-state index contributed by atoms with van der Waals surface area (Å²) in [5.41, 5.74) is 5.96. The molecule has 1 atom stereocenters. The monoisotopic (exact) mass is 613 g/mol. The lowest BCUT2D eigenvalue weighted by molar-refractivity contribution is -0.284. The molecule has 0 spiro atoms. The molecule has 0 fully saturated rings. The number of amides is 1. The van der Waals surface area contributed by atoms with Crippen LogP contribution in [0.3, 0.4) is 0 Å². The standard InChI is InChI=1S/C24H18BrF6N7O/c1-10-16(25)38-9-14(34-13(20(38)33-10)7-8-23(27,28)24(29,30)31)18-35-17(32)15-19(36-18)37-21(39)22(15,2)11-3-5-12(26)6-4-11/h3-6,9H,7-8H2,1-2H3,(H3,32,35,36,37,39). The highest BCUT2D eigenvalue weighted by Gasteiger charge is 2.56. The van der Waals surface area contributed by atoms with Gasteiger partial charge in [-0.05, 0) is 53.9 Å². The van der Waals surface area contributed by atoms with E-state index in [1.807, 2.05) is 0 Å². The number of aromatic nitrogens is 5. The van der Waals surface area contributed by atoms with Gasteiger partial charge in [0.2, 0.25) is 5.91 Å². The number of halogens is 7. The fourth-order valence-electron chi connectivity index (χ4n) is 4.47. The Kier molecular flexibility index (Phi) is 6.12. The Labute approximate surface area is 224 Å². The highest BCUT2D eigenvalue weighted by Crippen LogP contribution is 2.45. The van der Waals surface area contributed by atoms with E-state index in [0.29, 0.717) is 15.9 Å². The van der Waals surface area contributed by atoms with Crippen LogP contribution in [0.4, 0.5) is 38.0 Å². The second-order valence-corrected chi connectivity index (χ2v) is 9.95. The molecule has 3 aromatic heterocycles. The lowest BCUT2D eigenvalue weighted by Crippen LogP contribution is -2.36. The number of hydrogen-bond donors (Lipinski definition) is 2. The maximum Gasteiger partial charge on any atom is 0.453 e. The normalized spacial score (nSPS) is 17.5. The van der Waals surface area contributed by atoms with Crippen LogP contribution in [0.2, 0.25) is 0 Å². The van der Waals surface area contributed by atoms with Crippen molar-refractivity contribution in [1.29, 1.82) is 0 Å². The zero-order valence-corrected chi connectivity index (χ0v) is 21.8. The average molecular weight is 614 g/mol. The molecule has 8 nitrogen and oxygen atoms in total. The van der Waals surface area contributed by atoms with Crippen molar-refractivity contribution in [3.8, 4) is 11.5 Å². The Morgan fingerprint density at radius 1 is 1.08 bits per heavy atom. The highest BCUT2D eigenvalue weighted by atomic mass is 79.9. The third-order valence-electron chi connectivity index (χ3n) is 6.64. The SMILES string of the molecule is Cc1nc2c(CCC(F)(F)C(F)(F)F)nc(-c3nc(N)c4c(n3)NC(=O)C4(C)c3ccc(F)cc3)cn2c1Br. The highest BCUT2D eigenvalue weighted by molar-refractivity contribution is 9.10. The van der Waals surface area contributed by atoms with E-state index in [-0.39, 0.29) is 40.1 Å². The van der Waals surface area contributed by atoms with Crippen LogP contribution in [0.5, 0.6) is 0 Å². The van der Waals surface area contributed by atoms with E-state index in [4.69, 9.17) is 5.73 Å². The number of imidazole rings is 1. The van der Waals surface area contributed by atoms with Gasteiger partial charge in [0.05, 0.1) is 17.0 Å². The third kappa shape index (κ3) is 4.28. The molecule has 15 heteroatoms. The molecule has 5 rings (SSSR count). The van der Waals surface area contributed by atoms with Crippen molar-refractivity contribution in [3.05, 3.63) is 63.4 Å². The molecule has 39 heavy (non-hydrogen) atoms. The van der Waals surface area contributed by atoms with Gasteiger partial charge in [-0.15, -0.1) is 0 Å². The number of alkyl halides is 5. The maximum absolute atomic E-state index is 13.7. The van der Waals surface area contributed by atoms with Gasteiger partial charge < -0.3 is 11.1 Å². The Morgan fingerprint density at radius 3 is 2.38 bits per heavy atom. The van der Waals surface area contributed by atoms with E-state index in [2.05, 4.69) is 41.2 Å². The first-order chi connectivity index (χ1) is 18.1. The Balaban J connectivity index is 1.62. The molecule has 1 aliphatic heterocycles. The number of benzene rings is 1. The number of nitrogens with one attached hydrogen (secondary N) is 1. The van der Waals surface area contributed by atoms with Gasteiger partial charge in [0, 0.05) is 12.6 Å². The van der Waals surface area contributed by atoms with E-state index < -0.39 is 42.1 Å². The van der Waals surface area contributed by atoms with Crippen molar-refractivity contribution in [3.63, 3.8) is 0 Å². The summed E-state index contributed by atoms with van der Waals surface area (Å²) in [5, 5.41) is 2.64. The molecular weight excluding hydrogens is 596 g/mol. The smallest absolute Gasteiger partial charge is 0.383 e. The molecule has 204 valence electrons. The molecule has 1 aliphatic rings. The maximum atomic E-state index is 13.7. The predicted molar refractivity (Wildman–Crippen MR) is 132 cm³/mol. The molecule has 1 amide bonds. The van der Waals surface area contributed by atoms with Crippen LogP contribution >= 0.6 is 15.9 Å². The van der Waals surface area contributed by atoms with E-state index in [1.54, 1.807) is 13.8 Å². The topological polar surface area (TPSA) is 111 Å². The molecule has 0 aliphatic carbocycles. The number of carbonyl (C=O) groups excluding carboxylic acids is 1. The lowest BCUT2D eigenvalue weighted by atomic mass is 9.78. The van der Waals surface area contributed by atoms with Crippen LogP contribution in [0, 0.1) is 12.7 Å². The lowest BCUT2D eigenvalue weighted by Gasteiger charge is -2.23. The fraction of sp³-hybridized carbons (Fsp3) is 0.292. The van der Waals surface area contributed by atoms with E-state index >= 15 is 0 Å². The summed E-state index contributed by atoms with van der Waals surface area (Å²) < 4.78 is 81.1. The van der Waals surface area contributed by atoms with Crippen LogP contribution in [0.25, 0.3) is 17.2 Å². The number of rotatable bonds is 5. The van der Waals surface area contributed by atoms with Crippen molar-refractivity contribution in [2.75, 3.05) is 11.1 Å². The van der Waals surface area contributed by atoms with Crippen molar-refractivity contribution in [2.24, 2.45) is 0 Å². The second kappa shape index (κ2) is 8.89. The first-order valence-corrected chi connectivity index (χ1v) is 12.2. The van der Waals surface area contributed by atoms with E-state index in [9.17, 15) is 31.1 Å². The van der Waals surface area contributed by atoms with Gasteiger partial charge >= 0.3 is 12.1 Å². The Bertz CT molecular complexity index is 1640. The van der Waals surface area contributed by atoms with Gasteiger partial charge in [0.25, 0.3) is 0 Å². The summed E-state index contributed by atoms with van der Waals surface area (Å²) in [6.45, 7) is 3.19. The summed E-state index contributed by atoms with van der Waals surface area (Å²) in [6, 6.07) is 5.28. The average Bonchev–Trinajstić information content (AvgIpc) is 3.29. The molecule has 0 saturated heterocycles. The van der Waals surface area contributed by atoms with Crippen LogP contribution in [-0.4, -0.2) is 42.3 Å². The van der Waals surface area contributed by atoms with E-state index in [1.165, 1.54) is 34.9 Å². The molecule has 1 aromatic carbocycles. The van der Waals surface area contributed by atoms with Crippen molar-refractivity contribution >= 4 is 39.1 Å². The summed E-state index contributed by atoms with van der Waals surface area (Å²) in [4.78, 5) is 30.2. The van der Waals surface area contributed by atoms with Crippen molar-refractivity contribution in [2.45, 2.75) is 44.2 Å². The first kappa shape index (κ1) is 26.8. The minimum Gasteiger partial charge on any atom is -0.383 e. The zero-order chi connectivity index (χ0) is 28.5. The molecule has 0 saturated carbocycles. The second-order valence-electron chi connectivity index (χ2n) is 9.20. The van der Waals surface area contributed by atoms with Gasteiger partial charge in [-0.25, -0.2) is 24.3 Å². The summed E-state index contributed by atoms with van der Waals surface area (Å²) >= 11 is 3.33. The van der Waals surface area contributed by atoms with Crippen LogP contribution < -0.4 is 11.1 Å². The van der Waals surface area contributed by atoms with Gasteiger partial charge in [-0.1, -0.05) is 12.1 Å². The number of nitrogens with two attached hydrogens (primary N) is 1. The molecule has 0 radical (unpaired) electrons. The van der Waals surface area contributed by atoms with Gasteiger partial charge in [0.1, 0.15) is 33.2 Å². The van der Waals surface area contributed by atoms with Crippen LogP contribution in [0.1, 0.15) is 35.9 Å². The fourth-order valence-corrected chi connectivity index (χ4v) is 4.83. The number of nitrogens with zero attached hydrogens (tertiary/aromatic N) is 5. The zero-order valence-electron chi connectivity index (χ0n) is 20.2. The number of carbonyl (C=O) groups is 1. The summed E-state index contributed by atoms with van der Waals surface area (Å²) in [6.07, 6.45) is -6.61. The predicted octanol–water partition coefficient (Wildman–Crippen LogP) is 5.37. The van der Waals surface area contributed by atoms with Crippen LogP contribution in [-0.2, 0) is 16.6 Å². The minimum atomic E-state index is -5.72. The number of anilines is 2.